The lowest BCUT2D eigenvalue weighted by Crippen LogP contribution is -2.50. The van der Waals surface area contributed by atoms with E-state index >= 15 is 0 Å². The number of aliphatic hydroxyl groups excluding tert-OH is 1. The zero-order valence-electron chi connectivity index (χ0n) is 12.0. The van der Waals surface area contributed by atoms with Crippen molar-refractivity contribution in [3.63, 3.8) is 0 Å². The second-order valence-electron chi connectivity index (χ2n) is 5.68. The highest BCUT2D eigenvalue weighted by Crippen LogP contribution is 2.34. The van der Waals surface area contributed by atoms with Crippen molar-refractivity contribution in [1.29, 1.82) is 0 Å². The lowest BCUT2D eigenvalue weighted by Gasteiger charge is -2.40. The summed E-state index contributed by atoms with van der Waals surface area (Å²) in [6.07, 6.45) is 0. The number of benzene rings is 2. The van der Waals surface area contributed by atoms with Crippen LogP contribution in [0.3, 0.4) is 0 Å². The molecule has 0 unspecified atom stereocenters. The molecule has 2 aromatic carbocycles. The monoisotopic (exact) mass is 305 g/mol. The number of hydrogen-bond acceptors (Lipinski definition) is 3. The number of ether oxygens (including phenoxy) is 1. The number of nitrogens with one attached hydrogen (secondary N) is 1. The summed E-state index contributed by atoms with van der Waals surface area (Å²) in [4.78, 5) is 0. The van der Waals surface area contributed by atoms with E-state index in [0.29, 0.717) is 25.3 Å². The van der Waals surface area contributed by atoms with Gasteiger partial charge in [-0.25, -0.2) is 8.78 Å². The summed E-state index contributed by atoms with van der Waals surface area (Å²) in [5.41, 5.74) is 1.04. The average Bonchev–Trinajstić information content (AvgIpc) is 2.48. The van der Waals surface area contributed by atoms with Crippen molar-refractivity contribution in [3.8, 4) is 11.1 Å². The second kappa shape index (κ2) is 6.02. The molecule has 0 saturated carbocycles. The van der Waals surface area contributed by atoms with Crippen LogP contribution in [0.4, 0.5) is 14.5 Å². The van der Waals surface area contributed by atoms with Crippen LogP contribution in [0.1, 0.15) is 0 Å². The first-order valence-corrected chi connectivity index (χ1v) is 7.10. The molecule has 1 aliphatic heterocycles. The molecule has 0 amide bonds. The molecule has 0 aliphatic carbocycles. The molecule has 22 heavy (non-hydrogen) atoms. The van der Waals surface area contributed by atoms with Crippen LogP contribution < -0.4 is 5.32 Å². The van der Waals surface area contributed by atoms with Gasteiger partial charge in [0.15, 0.2) is 0 Å². The van der Waals surface area contributed by atoms with Gasteiger partial charge in [-0.3, -0.25) is 0 Å². The van der Waals surface area contributed by atoms with Crippen LogP contribution in [0.2, 0.25) is 0 Å². The Bertz CT molecular complexity index is 652. The van der Waals surface area contributed by atoms with Crippen LogP contribution in [0.15, 0.2) is 42.5 Å². The standard InChI is InChI=1S/C17H17F2NO2/c18-13-6-14(12-4-2-1-3-5-12)16(15(19)7-13)20-8-17(9-21)10-22-11-17/h1-7,20-21H,8-11H2. The Hall–Kier alpha value is -1.98. The predicted octanol–water partition coefficient (Wildman–Crippen LogP) is 3.05. The maximum atomic E-state index is 14.2. The first-order chi connectivity index (χ1) is 10.6. The number of hydrogen-bond donors (Lipinski definition) is 2. The van der Waals surface area contributed by atoms with Crippen molar-refractivity contribution in [2.45, 2.75) is 0 Å². The first kappa shape index (κ1) is 14.9. The van der Waals surface area contributed by atoms with E-state index in [-0.39, 0.29) is 12.3 Å². The normalized spacial score (nSPS) is 16.1. The van der Waals surface area contributed by atoms with Gasteiger partial charge in [0.05, 0.1) is 30.9 Å². The lowest BCUT2D eigenvalue weighted by molar-refractivity contribution is -0.128. The van der Waals surface area contributed by atoms with Crippen molar-refractivity contribution in [1.82, 2.24) is 0 Å². The summed E-state index contributed by atoms with van der Waals surface area (Å²) in [7, 11) is 0. The lowest BCUT2D eigenvalue weighted by atomic mass is 9.87. The molecule has 1 fully saturated rings. The topological polar surface area (TPSA) is 41.5 Å². The van der Waals surface area contributed by atoms with Crippen LogP contribution in [0.5, 0.6) is 0 Å². The van der Waals surface area contributed by atoms with Gasteiger partial charge in [-0.2, -0.15) is 0 Å². The SMILES string of the molecule is OCC1(CNc2c(F)cc(F)cc2-c2ccccc2)COC1. The van der Waals surface area contributed by atoms with Crippen molar-refractivity contribution in [3.05, 3.63) is 54.1 Å². The molecule has 5 heteroatoms. The number of halogens is 2. The molecule has 0 aromatic heterocycles. The van der Waals surface area contributed by atoms with E-state index in [1.54, 1.807) is 12.1 Å². The van der Waals surface area contributed by atoms with Gasteiger partial charge in [-0.15, -0.1) is 0 Å². The van der Waals surface area contributed by atoms with Gasteiger partial charge < -0.3 is 15.2 Å². The van der Waals surface area contributed by atoms with Gasteiger partial charge >= 0.3 is 0 Å². The minimum absolute atomic E-state index is 0.0382. The Balaban J connectivity index is 1.92. The van der Waals surface area contributed by atoms with Crippen LogP contribution in [0.25, 0.3) is 11.1 Å². The fourth-order valence-electron chi connectivity index (χ4n) is 2.51. The maximum absolute atomic E-state index is 14.2. The van der Waals surface area contributed by atoms with Gasteiger partial charge in [0.2, 0.25) is 0 Å². The fourth-order valence-corrected chi connectivity index (χ4v) is 2.51. The third kappa shape index (κ3) is 2.82. The largest absolute Gasteiger partial charge is 0.396 e. The minimum atomic E-state index is -0.646. The smallest absolute Gasteiger partial charge is 0.149 e. The molecule has 0 spiro atoms. The van der Waals surface area contributed by atoms with Gasteiger partial charge in [0, 0.05) is 18.2 Å². The Morgan fingerprint density at radius 3 is 2.45 bits per heavy atom. The summed E-state index contributed by atoms with van der Waals surface area (Å²) in [5, 5.41) is 12.5. The maximum Gasteiger partial charge on any atom is 0.149 e. The quantitative estimate of drug-likeness (QED) is 0.892. The van der Waals surface area contributed by atoms with E-state index in [9.17, 15) is 13.9 Å². The fraction of sp³-hybridized carbons (Fsp3) is 0.294. The molecule has 0 radical (unpaired) electrons. The van der Waals surface area contributed by atoms with Gasteiger partial charge in [0.1, 0.15) is 11.6 Å². The molecule has 3 rings (SSSR count). The van der Waals surface area contributed by atoms with E-state index in [1.807, 2.05) is 18.2 Å². The highest BCUT2D eigenvalue weighted by Gasteiger charge is 2.38. The highest BCUT2D eigenvalue weighted by molar-refractivity contribution is 5.78. The van der Waals surface area contributed by atoms with Crippen molar-refractivity contribution in [2.75, 3.05) is 31.7 Å². The van der Waals surface area contributed by atoms with Crippen molar-refractivity contribution >= 4 is 5.69 Å². The van der Waals surface area contributed by atoms with Crippen molar-refractivity contribution < 1.29 is 18.6 Å². The molecule has 0 atom stereocenters. The van der Waals surface area contributed by atoms with Crippen LogP contribution in [0, 0.1) is 17.0 Å². The van der Waals surface area contributed by atoms with E-state index in [1.165, 1.54) is 6.07 Å². The number of aliphatic hydroxyl groups is 1. The summed E-state index contributed by atoms with van der Waals surface area (Å²) in [5.74, 6) is -1.27. The van der Waals surface area contributed by atoms with Gasteiger partial charge in [-0.1, -0.05) is 30.3 Å². The first-order valence-electron chi connectivity index (χ1n) is 7.10. The minimum Gasteiger partial charge on any atom is -0.396 e. The van der Waals surface area contributed by atoms with Crippen LogP contribution >= 0.6 is 0 Å². The Labute approximate surface area is 127 Å². The van der Waals surface area contributed by atoms with Crippen molar-refractivity contribution in [2.24, 2.45) is 5.41 Å². The Morgan fingerprint density at radius 1 is 1.14 bits per heavy atom. The molecular weight excluding hydrogens is 288 g/mol. The Kier molecular flexibility index (Phi) is 4.09. The highest BCUT2D eigenvalue weighted by atomic mass is 19.1. The number of rotatable bonds is 5. The van der Waals surface area contributed by atoms with Crippen LogP contribution in [-0.4, -0.2) is 31.5 Å². The van der Waals surface area contributed by atoms with E-state index in [2.05, 4.69) is 5.32 Å². The summed E-state index contributed by atoms with van der Waals surface area (Å²) in [6.45, 7) is 1.19. The van der Waals surface area contributed by atoms with E-state index in [4.69, 9.17) is 4.74 Å². The zero-order valence-corrected chi connectivity index (χ0v) is 12.0. The van der Waals surface area contributed by atoms with Gasteiger partial charge in [-0.05, 0) is 11.6 Å². The summed E-state index contributed by atoms with van der Waals surface area (Å²) < 4.78 is 32.9. The molecule has 116 valence electrons. The third-order valence-corrected chi connectivity index (χ3v) is 3.93. The molecule has 1 saturated heterocycles. The molecule has 1 aliphatic rings. The van der Waals surface area contributed by atoms with Gasteiger partial charge in [0.25, 0.3) is 0 Å². The van der Waals surface area contributed by atoms with Crippen LogP contribution in [-0.2, 0) is 4.74 Å². The molecule has 3 nitrogen and oxygen atoms in total. The summed E-state index contributed by atoms with van der Waals surface area (Å²) >= 11 is 0. The molecule has 1 heterocycles. The number of anilines is 1. The third-order valence-electron chi connectivity index (χ3n) is 3.93. The molecule has 2 aromatic rings. The van der Waals surface area contributed by atoms with E-state index in [0.717, 1.165) is 11.6 Å². The summed E-state index contributed by atoms with van der Waals surface area (Å²) in [6, 6.07) is 11.2. The second-order valence-corrected chi connectivity index (χ2v) is 5.68. The zero-order chi connectivity index (χ0) is 15.6. The molecule has 2 N–H and O–H groups in total. The molecular formula is C17H17F2NO2. The predicted molar refractivity (Wildman–Crippen MR) is 80.6 cm³/mol. The van der Waals surface area contributed by atoms with E-state index < -0.39 is 17.0 Å². The molecule has 0 bridgehead atoms. The average molecular weight is 305 g/mol. The Morgan fingerprint density at radius 2 is 1.86 bits per heavy atom.